The molecule has 0 saturated carbocycles. The molecule has 1 amide bonds. The number of hydrogen-bond acceptors (Lipinski definition) is 4. The van der Waals surface area contributed by atoms with Crippen molar-refractivity contribution in [1.29, 1.82) is 0 Å². The van der Waals surface area contributed by atoms with Crippen LogP contribution in [0.4, 0.5) is 5.69 Å². The second-order valence-corrected chi connectivity index (χ2v) is 5.32. The van der Waals surface area contributed by atoms with Gasteiger partial charge in [-0.3, -0.25) is 4.79 Å². The van der Waals surface area contributed by atoms with E-state index in [4.69, 9.17) is 15.7 Å². The molecule has 7 heteroatoms. The molecular formula is C12H16BrN3O3. The highest BCUT2D eigenvalue weighted by Gasteiger charge is 2.33. The van der Waals surface area contributed by atoms with Gasteiger partial charge in [-0.25, -0.2) is 0 Å². The molecule has 1 rings (SSSR count). The second kappa shape index (κ2) is 5.92. The van der Waals surface area contributed by atoms with Crippen LogP contribution in [-0.2, 0) is 4.79 Å². The van der Waals surface area contributed by atoms with E-state index in [0.29, 0.717) is 11.4 Å². The highest BCUT2D eigenvalue weighted by Crippen LogP contribution is 2.29. The van der Waals surface area contributed by atoms with Gasteiger partial charge >= 0.3 is 0 Å². The van der Waals surface area contributed by atoms with Gasteiger partial charge in [0.1, 0.15) is 11.2 Å². The molecule has 0 saturated heterocycles. The normalized spacial score (nSPS) is 12.1. The van der Waals surface area contributed by atoms with Crippen molar-refractivity contribution < 1.29 is 14.7 Å². The Kier molecular flexibility index (Phi) is 4.77. The first kappa shape index (κ1) is 15.3. The molecule has 0 bridgehead atoms. The molecule has 0 heterocycles. The van der Waals surface area contributed by atoms with Crippen molar-refractivity contribution in [3.8, 4) is 5.75 Å². The topological polar surface area (TPSA) is 96.9 Å². The summed E-state index contributed by atoms with van der Waals surface area (Å²) in [5.41, 5.74) is 4.87. The number of amidine groups is 1. The molecule has 0 fully saturated rings. The molecule has 0 radical (unpaired) electrons. The van der Waals surface area contributed by atoms with Gasteiger partial charge < -0.3 is 21.0 Å². The minimum absolute atomic E-state index is 0.168. The minimum atomic E-state index is -1.14. The Morgan fingerprint density at radius 3 is 2.68 bits per heavy atom. The van der Waals surface area contributed by atoms with Crippen molar-refractivity contribution in [2.24, 2.45) is 16.3 Å². The van der Waals surface area contributed by atoms with Crippen LogP contribution in [0.2, 0.25) is 0 Å². The predicted molar refractivity (Wildman–Crippen MR) is 76.5 cm³/mol. The summed E-state index contributed by atoms with van der Waals surface area (Å²) in [5, 5.41) is 14.2. The van der Waals surface area contributed by atoms with Crippen LogP contribution in [0.3, 0.4) is 0 Å². The molecule has 0 aromatic heterocycles. The number of carbonyl (C=O) groups is 1. The van der Waals surface area contributed by atoms with Gasteiger partial charge in [-0.15, -0.1) is 0 Å². The van der Waals surface area contributed by atoms with E-state index in [-0.39, 0.29) is 5.84 Å². The lowest BCUT2D eigenvalue weighted by Crippen LogP contribution is -2.42. The highest BCUT2D eigenvalue weighted by atomic mass is 79.9. The first-order chi connectivity index (χ1) is 8.82. The van der Waals surface area contributed by atoms with Crippen molar-refractivity contribution >= 4 is 33.4 Å². The molecule has 0 aliphatic carbocycles. The Balaban J connectivity index is 3.03. The number of hydrogen-bond donors (Lipinski definition) is 3. The van der Waals surface area contributed by atoms with E-state index in [2.05, 4.69) is 26.4 Å². The Bertz CT molecular complexity index is 515. The monoisotopic (exact) mass is 329 g/mol. The van der Waals surface area contributed by atoms with Crippen molar-refractivity contribution in [3.63, 3.8) is 0 Å². The Hall–Kier alpha value is -1.76. The third kappa shape index (κ3) is 3.37. The number of ether oxygens (including phenoxy) is 1. The largest absolute Gasteiger partial charge is 0.495 e. The van der Waals surface area contributed by atoms with Gasteiger partial charge in [0.15, 0.2) is 5.84 Å². The molecule has 6 nitrogen and oxygen atoms in total. The van der Waals surface area contributed by atoms with E-state index >= 15 is 0 Å². The van der Waals surface area contributed by atoms with Crippen molar-refractivity contribution in [2.75, 3.05) is 12.4 Å². The zero-order valence-corrected chi connectivity index (χ0v) is 12.5. The number of oxime groups is 1. The molecule has 0 aliphatic rings. The summed E-state index contributed by atoms with van der Waals surface area (Å²) in [7, 11) is 1.51. The number of anilines is 1. The van der Waals surface area contributed by atoms with Gasteiger partial charge in [-0.2, -0.15) is 0 Å². The maximum atomic E-state index is 12.2. The average molecular weight is 330 g/mol. The summed E-state index contributed by atoms with van der Waals surface area (Å²) in [6.07, 6.45) is 0. The lowest BCUT2D eigenvalue weighted by Gasteiger charge is -2.22. The molecule has 0 spiro atoms. The number of halogens is 1. The fraction of sp³-hybridized carbons (Fsp3) is 0.333. The lowest BCUT2D eigenvalue weighted by atomic mass is 9.91. The first-order valence-electron chi connectivity index (χ1n) is 5.46. The molecule has 1 aromatic carbocycles. The van der Waals surface area contributed by atoms with E-state index < -0.39 is 11.3 Å². The number of rotatable bonds is 4. The van der Waals surface area contributed by atoms with E-state index in [1.807, 2.05) is 0 Å². The minimum Gasteiger partial charge on any atom is -0.495 e. The number of methoxy groups -OCH3 is 1. The Labute approximate surface area is 119 Å². The van der Waals surface area contributed by atoms with Gasteiger partial charge in [0.25, 0.3) is 0 Å². The van der Waals surface area contributed by atoms with Crippen LogP contribution in [-0.4, -0.2) is 24.1 Å². The second-order valence-electron chi connectivity index (χ2n) is 4.41. The van der Waals surface area contributed by atoms with Crippen LogP contribution in [0.5, 0.6) is 5.75 Å². The third-order valence-electron chi connectivity index (χ3n) is 2.73. The lowest BCUT2D eigenvalue weighted by molar-refractivity contribution is -0.121. The van der Waals surface area contributed by atoms with Gasteiger partial charge in [0.05, 0.1) is 12.8 Å². The van der Waals surface area contributed by atoms with Crippen LogP contribution in [0.1, 0.15) is 13.8 Å². The van der Waals surface area contributed by atoms with Crippen LogP contribution in [0.15, 0.2) is 27.8 Å². The maximum absolute atomic E-state index is 12.2. The maximum Gasteiger partial charge on any atom is 0.237 e. The molecule has 4 N–H and O–H groups in total. The average Bonchev–Trinajstić information content (AvgIpc) is 2.37. The quantitative estimate of drug-likeness (QED) is 0.341. The van der Waals surface area contributed by atoms with Crippen LogP contribution in [0, 0.1) is 5.41 Å². The van der Waals surface area contributed by atoms with E-state index in [1.165, 1.54) is 7.11 Å². The van der Waals surface area contributed by atoms with E-state index in [1.54, 1.807) is 32.0 Å². The van der Waals surface area contributed by atoms with E-state index in [0.717, 1.165) is 4.47 Å². The fourth-order valence-corrected chi connectivity index (χ4v) is 1.66. The predicted octanol–water partition coefficient (Wildman–Crippen LogP) is 2.17. The molecule has 0 unspecified atom stereocenters. The summed E-state index contributed by atoms with van der Waals surface area (Å²) in [6, 6.07) is 5.22. The number of nitrogens with zero attached hydrogens (tertiary/aromatic N) is 1. The molecule has 1 aromatic rings. The Morgan fingerprint density at radius 2 is 2.16 bits per heavy atom. The van der Waals surface area contributed by atoms with Gasteiger partial charge in [0.2, 0.25) is 5.91 Å². The number of nitrogens with two attached hydrogens (primary N) is 1. The van der Waals surface area contributed by atoms with Gasteiger partial charge in [-0.05, 0) is 32.0 Å². The number of benzene rings is 1. The highest BCUT2D eigenvalue weighted by molar-refractivity contribution is 9.10. The van der Waals surface area contributed by atoms with Crippen molar-refractivity contribution in [3.05, 3.63) is 22.7 Å². The van der Waals surface area contributed by atoms with Crippen molar-refractivity contribution in [1.82, 2.24) is 0 Å². The summed E-state index contributed by atoms with van der Waals surface area (Å²) in [4.78, 5) is 12.2. The zero-order chi connectivity index (χ0) is 14.6. The summed E-state index contributed by atoms with van der Waals surface area (Å²) in [6.45, 7) is 3.11. The SMILES string of the molecule is COc1ccc(Br)cc1NC(=O)C(C)(C)C(N)=NO. The molecule has 104 valence electrons. The summed E-state index contributed by atoms with van der Waals surface area (Å²) in [5.74, 6) is -0.0509. The Morgan fingerprint density at radius 1 is 1.53 bits per heavy atom. The number of amides is 1. The summed E-state index contributed by atoms with van der Waals surface area (Å²) >= 11 is 3.31. The third-order valence-corrected chi connectivity index (χ3v) is 3.22. The molecule has 0 aliphatic heterocycles. The zero-order valence-electron chi connectivity index (χ0n) is 10.9. The van der Waals surface area contributed by atoms with Crippen LogP contribution >= 0.6 is 15.9 Å². The molecule has 19 heavy (non-hydrogen) atoms. The molecular weight excluding hydrogens is 314 g/mol. The van der Waals surface area contributed by atoms with Gasteiger partial charge in [0, 0.05) is 4.47 Å². The number of nitrogens with one attached hydrogen (secondary N) is 1. The number of carbonyl (C=O) groups excluding carboxylic acids is 1. The fourth-order valence-electron chi connectivity index (χ4n) is 1.30. The molecule has 0 atom stereocenters. The standard InChI is InChI=1S/C12H16BrN3O3/c1-12(2,10(14)16-18)11(17)15-8-6-7(13)4-5-9(8)19-3/h4-6,18H,1-3H3,(H2,14,16)(H,15,17). The van der Waals surface area contributed by atoms with Crippen molar-refractivity contribution in [2.45, 2.75) is 13.8 Å². The van der Waals surface area contributed by atoms with Crippen LogP contribution in [0.25, 0.3) is 0 Å². The van der Waals surface area contributed by atoms with Gasteiger partial charge in [-0.1, -0.05) is 21.1 Å². The van der Waals surface area contributed by atoms with E-state index in [9.17, 15) is 4.79 Å². The van der Waals surface area contributed by atoms with Crippen LogP contribution < -0.4 is 15.8 Å². The summed E-state index contributed by atoms with van der Waals surface area (Å²) < 4.78 is 5.95. The first-order valence-corrected chi connectivity index (χ1v) is 6.25. The smallest absolute Gasteiger partial charge is 0.237 e.